The molecule has 88 valence electrons. The number of benzene rings is 1. The molecule has 1 aromatic carbocycles. The first-order valence-corrected chi connectivity index (χ1v) is 5.06. The number of anilines is 2. The summed E-state index contributed by atoms with van der Waals surface area (Å²) in [4.78, 5) is 11.8. The highest BCUT2D eigenvalue weighted by Crippen LogP contribution is 2.11. The second-order valence-corrected chi connectivity index (χ2v) is 3.58. The fourth-order valence-corrected chi connectivity index (χ4v) is 1.41. The van der Waals surface area contributed by atoms with Crippen molar-refractivity contribution in [1.29, 1.82) is 0 Å². The van der Waals surface area contributed by atoms with Crippen LogP contribution in [-0.2, 0) is 7.05 Å². The van der Waals surface area contributed by atoms with Crippen LogP contribution in [-0.4, -0.2) is 15.7 Å². The van der Waals surface area contributed by atoms with Gasteiger partial charge in [-0.15, -0.1) is 0 Å². The predicted octanol–water partition coefficient (Wildman–Crippen LogP) is 0.958. The minimum absolute atomic E-state index is 0.179. The highest BCUT2D eigenvalue weighted by molar-refractivity contribution is 6.04. The van der Waals surface area contributed by atoms with Crippen LogP contribution in [0.1, 0.15) is 10.4 Å². The molecule has 0 saturated carbocycles. The van der Waals surface area contributed by atoms with Crippen LogP contribution in [0.5, 0.6) is 0 Å². The molecule has 1 heterocycles. The van der Waals surface area contributed by atoms with Crippen LogP contribution >= 0.6 is 0 Å². The quantitative estimate of drug-likeness (QED) is 0.542. The van der Waals surface area contributed by atoms with Gasteiger partial charge in [-0.2, -0.15) is 5.10 Å². The number of hydrogen-bond acceptors (Lipinski definition) is 4. The standard InChI is InChI=1S/C11H13N5O/c1-16-7-10(6-13-16)14-11(17)8-2-4-9(15-12)5-3-8/h2-7,15H,12H2,1H3,(H,14,17). The lowest BCUT2D eigenvalue weighted by atomic mass is 10.2. The van der Waals surface area contributed by atoms with Gasteiger partial charge in [-0.1, -0.05) is 0 Å². The summed E-state index contributed by atoms with van der Waals surface area (Å²) in [5.41, 5.74) is 4.48. The first kappa shape index (κ1) is 11.2. The van der Waals surface area contributed by atoms with Crippen molar-refractivity contribution < 1.29 is 4.79 Å². The molecular weight excluding hydrogens is 218 g/mol. The van der Waals surface area contributed by atoms with E-state index in [0.717, 1.165) is 5.69 Å². The second-order valence-electron chi connectivity index (χ2n) is 3.58. The Morgan fingerprint density at radius 2 is 2.00 bits per heavy atom. The summed E-state index contributed by atoms with van der Waals surface area (Å²) in [5.74, 6) is 5.06. The second kappa shape index (κ2) is 4.67. The largest absolute Gasteiger partial charge is 0.324 e. The van der Waals surface area contributed by atoms with Crippen molar-refractivity contribution in [3.05, 3.63) is 42.2 Å². The van der Waals surface area contributed by atoms with Crippen molar-refractivity contribution in [2.24, 2.45) is 12.9 Å². The van der Waals surface area contributed by atoms with Crippen molar-refractivity contribution in [2.45, 2.75) is 0 Å². The van der Waals surface area contributed by atoms with Gasteiger partial charge in [-0.25, -0.2) is 0 Å². The van der Waals surface area contributed by atoms with Gasteiger partial charge in [0.05, 0.1) is 11.9 Å². The van der Waals surface area contributed by atoms with Gasteiger partial charge < -0.3 is 10.7 Å². The third kappa shape index (κ3) is 2.61. The number of nitrogen functional groups attached to an aromatic ring is 1. The van der Waals surface area contributed by atoms with Gasteiger partial charge in [-0.05, 0) is 24.3 Å². The molecule has 0 aliphatic rings. The van der Waals surface area contributed by atoms with Gasteiger partial charge in [-0.3, -0.25) is 15.3 Å². The van der Waals surface area contributed by atoms with E-state index in [1.54, 1.807) is 48.4 Å². The van der Waals surface area contributed by atoms with Crippen LogP contribution in [0.4, 0.5) is 11.4 Å². The third-order valence-corrected chi connectivity index (χ3v) is 2.28. The minimum atomic E-state index is -0.179. The van der Waals surface area contributed by atoms with Gasteiger partial charge in [0.15, 0.2) is 0 Å². The van der Waals surface area contributed by atoms with Gasteiger partial charge in [0, 0.05) is 24.5 Å². The topological polar surface area (TPSA) is 85.0 Å². The Kier molecular flexibility index (Phi) is 3.06. The van der Waals surface area contributed by atoms with E-state index in [9.17, 15) is 4.79 Å². The zero-order valence-corrected chi connectivity index (χ0v) is 9.34. The Hall–Kier alpha value is -2.34. The molecule has 0 aliphatic heterocycles. The summed E-state index contributed by atoms with van der Waals surface area (Å²) < 4.78 is 1.62. The van der Waals surface area contributed by atoms with Crippen molar-refractivity contribution in [1.82, 2.24) is 9.78 Å². The lowest BCUT2D eigenvalue weighted by molar-refractivity contribution is 0.102. The Morgan fingerprint density at radius 1 is 1.29 bits per heavy atom. The minimum Gasteiger partial charge on any atom is -0.324 e. The first-order chi connectivity index (χ1) is 8.19. The number of carbonyl (C=O) groups is 1. The molecule has 0 atom stereocenters. The van der Waals surface area contributed by atoms with E-state index in [0.29, 0.717) is 11.3 Å². The monoisotopic (exact) mass is 231 g/mol. The van der Waals surface area contributed by atoms with Crippen molar-refractivity contribution in [3.8, 4) is 0 Å². The maximum absolute atomic E-state index is 11.8. The number of nitrogens with two attached hydrogens (primary N) is 1. The Morgan fingerprint density at radius 3 is 2.53 bits per heavy atom. The number of aryl methyl sites for hydroxylation is 1. The molecule has 0 spiro atoms. The molecule has 0 bridgehead atoms. The van der Waals surface area contributed by atoms with Crippen molar-refractivity contribution in [3.63, 3.8) is 0 Å². The van der Waals surface area contributed by atoms with Gasteiger partial charge in [0.2, 0.25) is 0 Å². The van der Waals surface area contributed by atoms with E-state index in [2.05, 4.69) is 15.8 Å². The maximum atomic E-state index is 11.8. The molecule has 0 aliphatic carbocycles. The van der Waals surface area contributed by atoms with E-state index >= 15 is 0 Å². The predicted molar refractivity (Wildman–Crippen MR) is 65.4 cm³/mol. The van der Waals surface area contributed by atoms with Gasteiger partial charge >= 0.3 is 0 Å². The number of hydrazine groups is 1. The zero-order valence-electron chi connectivity index (χ0n) is 9.34. The summed E-state index contributed by atoms with van der Waals surface area (Å²) in [7, 11) is 1.79. The SMILES string of the molecule is Cn1cc(NC(=O)c2ccc(NN)cc2)cn1. The Balaban J connectivity index is 2.09. The Bertz CT molecular complexity index is 517. The summed E-state index contributed by atoms with van der Waals surface area (Å²) in [6.45, 7) is 0. The van der Waals surface area contributed by atoms with Crippen molar-refractivity contribution >= 4 is 17.3 Å². The van der Waals surface area contributed by atoms with Crippen LogP contribution in [0.15, 0.2) is 36.7 Å². The number of amides is 1. The normalized spacial score (nSPS) is 10.0. The van der Waals surface area contributed by atoms with Gasteiger partial charge in [0.1, 0.15) is 0 Å². The Labute approximate surface area is 98.4 Å². The molecule has 2 rings (SSSR count). The molecule has 6 heteroatoms. The molecule has 0 saturated heterocycles. The van der Waals surface area contributed by atoms with E-state index in [-0.39, 0.29) is 5.91 Å². The summed E-state index contributed by atoms with van der Waals surface area (Å²) in [5, 5.41) is 6.71. The lowest BCUT2D eigenvalue weighted by Gasteiger charge is -2.03. The molecule has 0 radical (unpaired) electrons. The number of carbonyl (C=O) groups excluding carboxylic acids is 1. The molecule has 0 fully saturated rings. The third-order valence-electron chi connectivity index (χ3n) is 2.28. The fourth-order valence-electron chi connectivity index (χ4n) is 1.41. The molecule has 2 aromatic rings. The fraction of sp³-hybridized carbons (Fsp3) is 0.0909. The van der Waals surface area contributed by atoms with Crippen LogP contribution in [0, 0.1) is 0 Å². The van der Waals surface area contributed by atoms with E-state index < -0.39 is 0 Å². The summed E-state index contributed by atoms with van der Waals surface area (Å²) >= 11 is 0. The molecule has 17 heavy (non-hydrogen) atoms. The molecule has 6 nitrogen and oxygen atoms in total. The number of aromatic nitrogens is 2. The molecule has 1 amide bonds. The average Bonchev–Trinajstić information content (AvgIpc) is 2.75. The average molecular weight is 231 g/mol. The van der Waals surface area contributed by atoms with Crippen LogP contribution in [0.25, 0.3) is 0 Å². The molecular formula is C11H13N5O. The number of nitrogens with one attached hydrogen (secondary N) is 2. The molecule has 0 unspecified atom stereocenters. The maximum Gasteiger partial charge on any atom is 0.255 e. The van der Waals surface area contributed by atoms with Gasteiger partial charge in [0.25, 0.3) is 5.91 Å². The van der Waals surface area contributed by atoms with Crippen LogP contribution < -0.4 is 16.6 Å². The number of hydrogen-bond donors (Lipinski definition) is 3. The van der Waals surface area contributed by atoms with E-state index in [1.165, 1.54) is 0 Å². The number of nitrogens with zero attached hydrogens (tertiary/aromatic N) is 2. The summed E-state index contributed by atoms with van der Waals surface area (Å²) in [6.07, 6.45) is 3.32. The van der Waals surface area contributed by atoms with E-state index in [1.807, 2.05) is 0 Å². The zero-order chi connectivity index (χ0) is 12.3. The first-order valence-electron chi connectivity index (χ1n) is 5.06. The smallest absolute Gasteiger partial charge is 0.255 e. The molecule has 1 aromatic heterocycles. The number of rotatable bonds is 3. The van der Waals surface area contributed by atoms with E-state index in [4.69, 9.17) is 5.84 Å². The lowest BCUT2D eigenvalue weighted by Crippen LogP contribution is -2.12. The highest BCUT2D eigenvalue weighted by Gasteiger charge is 2.06. The van der Waals surface area contributed by atoms with Crippen LogP contribution in [0.3, 0.4) is 0 Å². The highest BCUT2D eigenvalue weighted by atomic mass is 16.1. The van der Waals surface area contributed by atoms with Crippen molar-refractivity contribution in [2.75, 3.05) is 10.7 Å². The van der Waals surface area contributed by atoms with Crippen LogP contribution in [0.2, 0.25) is 0 Å². The molecule has 4 N–H and O–H groups in total. The summed E-state index contributed by atoms with van der Waals surface area (Å²) in [6, 6.07) is 6.86.